The molecule has 4 nitrogen and oxygen atoms in total. The number of rotatable bonds is 1. The van der Waals surface area contributed by atoms with Crippen molar-refractivity contribution in [3.8, 4) is 0 Å². The number of aliphatic hydroxyl groups excluding tert-OH is 1. The number of β-amino-alcohol motifs (C(OH)–C–C–N with tert-alkyl or cyclic N) is 1. The topological polar surface area (TPSA) is 66.6 Å². The third-order valence-electron chi connectivity index (χ3n) is 2.47. The lowest BCUT2D eigenvalue weighted by molar-refractivity contribution is -0.117. The average molecular weight is 289 g/mol. The van der Waals surface area contributed by atoms with E-state index < -0.39 is 11.9 Å². The van der Waals surface area contributed by atoms with Gasteiger partial charge in [0.25, 0.3) is 0 Å². The molecule has 0 bridgehead atoms. The summed E-state index contributed by atoms with van der Waals surface area (Å²) >= 11 is 3.03. The summed E-state index contributed by atoms with van der Waals surface area (Å²) in [6, 6.07) is 2.60. The molecule has 1 aromatic carbocycles. The van der Waals surface area contributed by atoms with Gasteiger partial charge in [-0.05, 0) is 22.0 Å². The van der Waals surface area contributed by atoms with Crippen LogP contribution in [0.2, 0.25) is 0 Å². The van der Waals surface area contributed by atoms with Crippen LogP contribution in [0.25, 0.3) is 0 Å². The van der Waals surface area contributed by atoms with E-state index in [9.17, 15) is 14.3 Å². The van der Waals surface area contributed by atoms with Crippen molar-refractivity contribution < 1.29 is 14.3 Å². The SMILES string of the molecule is Nc1cc(F)c(Br)cc1N1CC(O)CC1=O. The second-order valence-electron chi connectivity index (χ2n) is 3.69. The molecular formula is C10H10BrFN2O2. The average Bonchev–Trinajstić information content (AvgIpc) is 2.51. The molecule has 1 saturated heterocycles. The minimum absolute atomic E-state index is 0.0778. The van der Waals surface area contributed by atoms with Crippen LogP contribution < -0.4 is 10.6 Å². The van der Waals surface area contributed by atoms with Crippen molar-refractivity contribution in [2.24, 2.45) is 0 Å². The van der Waals surface area contributed by atoms with Gasteiger partial charge in [0.15, 0.2) is 0 Å². The molecule has 0 spiro atoms. The van der Waals surface area contributed by atoms with Crippen LogP contribution in [0, 0.1) is 5.82 Å². The number of nitrogens with two attached hydrogens (primary N) is 1. The Kier molecular flexibility index (Phi) is 2.86. The van der Waals surface area contributed by atoms with Gasteiger partial charge in [0.2, 0.25) is 5.91 Å². The number of carbonyl (C=O) groups is 1. The van der Waals surface area contributed by atoms with Gasteiger partial charge in [0.1, 0.15) is 5.82 Å². The van der Waals surface area contributed by atoms with Gasteiger partial charge in [-0.25, -0.2) is 4.39 Å². The Morgan fingerprint density at radius 1 is 1.56 bits per heavy atom. The molecule has 0 aromatic heterocycles. The summed E-state index contributed by atoms with van der Waals surface area (Å²) in [5.74, 6) is -0.689. The van der Waals surface area contributed by atoms with Gasteiger partial charge in [0, 0.05) is 6.07 Å². The van der Waals surface area contributed by atoms with Crippen LogP contribution in [-0.2, 0) is 4.79 Å². The Hall–Kier alpha value is -1.14. The molecule has 2 rings (SSSR count). The lowest BCUT2D eigenvalue weighted by Gasteiger charge is -2.18. The molecule has 1 amide bonds. The van der Waals surface area contributed by atoms with E-state index in [0.29, 0.717) is 5.69 Å². The fraction of sp³-hybridized carbons (Fsp3) is 0.300. The number of nitrogens with zero attached hydrogens (tertiary/aromatic N) is 1. The van der Waals surface area contributed by atoms with E-state index in [1.165, 1.54) is 11.0 Å². The number of aliphatic hydroxyl groups is 1. The second kappa shape index (κ2) is 4.03. The molecule has 1 atom stereocenters. The zero-order valence-electron chi connectivity index (χ0n) is 8.28. The minimum Gasteiger partial charge on any atom is -0.397 e. The first-order valence-electron chi connectivity index (χ1n) is 4.72. The minimum atomic E-state index is -0.685. The molecule has 1 aliphatic heterocycles. The number of benzene rings is 1. The van der Waals surface area contributed by atoms with Crippen LogP contribution in [-0.4, -0.2) is 23.7 Å². The molecule has 1 aromatic rings. The third kappa shape index (κ3) is 1.90. The Labute approximate surface area is 100.0 Å². The van der Waals surface area contributed by atoms with Crippen molar-refractivity contribution in [2.75, 3.05) is 17.2 Å². The maximum absolute atomic E-state index is 13.1. The first-order valence-corrected chi connectivity index (χ1v) is 5.51. The number of nitrogen functional groups attached to an aromatic ring is 1. The maximum Gasteiger partial charge on any atom is 0.229 e. The highest BCUT2D eigenvalue weighted by Crippen LogP contribution is 2.32. The summed E-state index contributed by atoms with van der Waals surface area (Å²) in [5, 5.41) is 9.36. The van der Waals surface area contributed by atoms with Crippen molar-refractivity contribution in [3.05, 3.63) is 22.4 Å². The number of carbonyl (C=O) groups excluding carboxylic acids is 1. The Bertz CT molecular complexity index is 453. The number of anilines is 2. The smallest absolute Gasteiger partial charge is 0.229 e. The molecule has 1 unspecified atom stereocenters. The largest absolute Gasteiger partial charge is 0.397 e. The van der Waals surface area contributed by atoms with E-state index in [-0.39, 0.29) is 29.0 Å². The Morgan fingerprint density at radius 2 is 2.25 bits per heavy atom. The predicted molar refractivity (Wildman–Crippen MR) is 61.5 cm³/mol. The molecule has 86 valence electrons. The van der Waals surface area contributed by atoms with E-state index >= 15 is 0 Å². The summed E-state index contributed by atoms with van der Waals surface area (Å²) in [5.41, 5.74) is 6.25. The molecule has 1 fully saturated rings. The predicted octanol–water partition coefficient (Wildman–Crippen LogP) is 1.27. The molecule has 1 heterocycles. The van der Waals surface area contributed by atoms with Gasteiger partial charge >= 0.3 is 0 Å². The molecular weight excluding hydrogens is 279 g/mol. The lowest BCUT2D eigenvalue weighted by Crippen LogP contribution is -2.26. The quantitative estimate of drug-likeness (QED) is 0.765. The van der Waals surface area contributed by atoms with Crippen molar-refractivity contribution in [1.82, 2.24) is 0 Å². The highest BCUT2D eigenvalue weighted by molar-refractivity contribution is 9.10. The molecule has 6 heteroatoms. The number of hydrogen-bond donors (Lipinski definition) is 2. The summed E-state index contributed by atoms with van der Waals surface area (Å²) in [4.78, 5) is 12.9. The number of amides is 1. The molecule has 1 aliphatic rings. The van der Waals surface area contributed by atoms with Crippen LogP contribution in [0.4, 0.5) is 15.8 Å². The van der Waals surface area contributed by atoms with E-state index in [1.54, 1.807) is 0 Å². The lowest BCUT2D eigenvalue weighted by atomic mass is 10.2. The van der Waals surface area contributed by atoms with E-state index in [0.717, 1.165) is 6.07 Å². The Balaban J connectivity index is 2.41. The zero-order chi connectivity index (χ0) is 11.9. The van der Waals surface area contributed by atoms with Crippen molar-refractivity contribution in [1.29, 1.82) is 0 Å². The van der Waals surface area contributed by atoms with Gasteiger partial charge in [-0.1, -0.05) is 0 Å². The van der Waals surface area contributed by atoms with Crippen LogP contribution in [0.15, 0.2) is 16.6 Å². The van der Waals surface area contributed by atoms with Gasteiger partial charge in [-0.15, -0.1) is 0 Å². The highest BCUT2D eigenvalue weighted by Gasteiger charge is 2.30. The first-order chi connectivity index (χ1) is 7.49. The Morgan fingerprint density at radius 3 is 2.81 bits per heavy atom. The second-order valence-corrected chi connectivity index (χ2v) is 4.54. The standard InChI is InChI=1S/C10H10BrFN2O2/c11-6-2-9(8(13)3-7(6)12)14-4-5(15)1-10(14)16/h2-3,5,15H,1,4,13H2. The van der Waals surface area contributed by atoms with Gasteiger partial charge < -0.3 is 15.7 Å². The first kappa shape index (κ1) is 11.3. The van der Waals surface area contributed by atoms with Crippen LogP contribution in [0.3, 0.4) is 0 Å². The van der Waals surface area contributed by atoms with E-state index in [4.69, 9.17) is 5.73 Å². The maximum atomic E-state index is 13.1. The fourth-order valence-corrected chi connectivity index (χ4v) is 2.04. The zero-order valence-corrected chi connectivity index (χ0v) is 9.87. The molecule has 0 saturated carbocycles. The molecule has 0 radical (unpaired) electrons. The van der Waals surface area contributed by atoms with Crippen LogP contribution >= 0.6 is 15.9 Å². The number of hydrogen-bond acceptors (Lipinski definition) is 3. The molecule has 16 heavy (non-hydrogen) atoms. The normalized spacial score (nSPS) is 20.6. The van der Waals surface area contributed by atoms with Crippen molar-refractivity contribution in [3.63, 3.8) is 0 Å². The van der Waals surface area contributed by atoms with Crippen molar-refractivity contribution in [2.45, 2.75) is 12.5 Å². The summed E-state index contributed by atoms with van der Waals surface area (Å²) < 4.78 is 13.4. The third-order valence-corrected chi connectivity index (χ3v) is 3.07. The molecule has 3 N–H and O–H groups in total. The van der Waals surface area contributed by atoms with Gasteiger partial charge in [-0.3, -0.25) is 4.79 Å². The van der Waals surface area contributed by atoms with Gasteiger partial charge in [0.05, 0.1) is 34.9 Å². The van der Waals surface area contributed by atoms with E-state index in [1.807, 2.05) is 0 Å². The van der Waals surface area contributed by atoms with E-state index in [2.05, 4.69) is 15.9 Å². The summed E-state index contributed by atoms with van der Waals surface area (Å²) in [6.45, 7) is 0.196. The number of halogens is 2. The van der Waals surface area contributed by atoms with Crippen molar-refractivity contribution >= 4 is 33.2 Å². The fourth-order valence-electron chi connectivity index (χ4n) is 1.71. The summed E-state index contributed by atoms with van der Waals surface area (Å²) in [7, 11) is 0. The monoisotopic (exact) mass is 288 g/mol. The molecule has 0 aliphatic carbocycles. The highest BCUT2D eigenvalue weighted by atomic mass is 79.9. The van der Waals surface area contributed by atoms with Crippen LogP contribution in [0.1, 0.15) is 6.42 Å². The summed E-state index contributed by atoms with van der Waals surface area (Å²) in [6.07, 6.45) is -0.607. The van der Waals surface area contributed by atoms with Gasteiger partial charge in [-0.2, -0.15) is 0 Å². The van der Waals surface area contributed by atoms with Crippen LogP contribution in [0.5, 0.6) is 0 Å².